The van der Waals surface area contributed by atoms with E-state index < -0.39 is 0 Å². The van der Waals surface area contributed by atoms with E-state index in [2.05, 4.69) is 32.0 Å². The van der Waals surface area contributed by atoms with Gasteiger partial charge in [0.1, 0.15) is 0 Å². The second kappa shape index (κ2) is 4.36. The van der Waals surface area contributed by atoms with Gasteiger partial charge in [0.25, 0.3) is 0 Å². The first-order chi connectivity index (χ1) is 8.58. The summed E-state index contributed by atoms with van der Waals surface area (Å²) in [5.74, 6) is 0.387. The summed E-state index contributed by atoms with van der Waals surface area (Å²) in [7, 11) is 0. The molecule has 0 aromatic heterocycles. The molecule has 2 heteroatoms. The molecule has 1 aromatic carbocycles. The molecule has 1 heterocycles. The molecule has 3 rings (SSSR count). The van der Waals surface area contributed by atoms with Crippen LogP contribution in [0.3, 0.4) is 0 Å². The molecule has 1 fully saturated rings. The summed E-state index contributed by atoms with van der Waals surface area (Å²) >= 11 is 0. The molecule has 1 aromatic rings. The minimum Gasteiger partial charge on any atom is -0.388 e. The lowest BCUT2D eigenvalue weighted by Crippen LogP contribution is -2.24. The molecule has 2 atom stereocenters. The van der Waals surface area contributed by atoms with Gasteiger partial charge in [-0.15, -0.1) is 0 Å². The summed E-state index contributed by atoms with van der Waals surface area (Å²) in [6.45, 7) is 5.99. The maximum Gasteiger partial charge on any atom is 0.0823 e. The molecule has 2 aliphatic rings. The first-order valence-corrected chi connectivity index (χ1v) is 6.95. The fourth-order valence-corrected chi connectivity index (χ4v) is 3.55. The van der Waals surface area contributed by atoms with Gasteiger partial charge < -0.3 is 9.84 Å². The van der Waals surface area contributed by atoms with E-state index in [1.165, 1.54) is 24.0 Å². The number of rotatable bonds is 2. The third-order valence-corrected chi connectivity index (χ3v) is 4.81. The molecular weight excluding hydrogens is 224 g/mol. The van der Waals surface area contributed by atoms with Crippen molar-refractivity contribution in [1.82, 2.24) is 0 Å². The molecule has 98 valence electrons. The van der Waals surface area contributed by atoms with Crippen LogP contribution in [0.4, 0.5) is 0 Å². The highest BCUT2D eigenvalue weighted by atomic mass is 16.5. The highest BCUT2D eigenvalue weighted by Gasteiger charge is 2.39. The van der Waals surface area contributed by atoms with Crippen LogP contribution in [0.15, 0.2) is 18.2 Å². The number of hydrogen-bond acceptors (Lipinski definition) is 2. The van der Waals surface area contributed by atoms with Crippen molar-refractivity contribution < 1.29 is 9.84 Å². The van der Waals surface area contributed by atoms with Gasteiger partial charge in [0.15, 0.2) is 0 Å². The summed E-state index contributed by atoms with van der Waals surface area (Å²) in [4.78, 5) is 0. The van der Waals surface area contributed by atoms with Crippen LogP contribution in [0.1, 0.15) is 55.9 Å². The zero-order valence-electron chi connectivity index (χ0n) is 11.3. The Balaban J connectivity index is 1.86. The molecule has 0 radical (unpaired) electrons. The van der Waals surface area contributed by atoms with Crippen molar-refractivity contribution in [3.05, 3.63) is 34.9 Å². The average Bonchev–Trinajstić information content (AvgIpc) is 2.92. The normalized spacial score (nSPS) is 27.2. The molecule has 0 bridgehead atoms. The zero-order chi connectivity index (χ0) is 12.8. The van der Waals surface area contributed by atoms with Gasteiger partial charge in [0, 0.05) is 0 Å². The summed E-state index contributed by atoms with van der Waals surface area (Å²) in [5.41, 5.74) is 3.85. The molecule has 2 unspecified atom stereocenters. The van der Waals surface area contributed by atoms with Crippen molar-refractivity contribution in [3.8, 4) is 0 Å². The van der Waals surface area contributed by atoms with Gasteiger partial charge in [-0.05, 0) is 40.9 Å². The van der Waals surface area contributed by atoms with Gasteiger partial charge in [-0.3, -0.25) is 0 Å². The molecule has 1 N–H and O–H groups in total. The standard InChI is InChI=1S/C16H22O2/c1-16(2)7-3-4-14(16)15(17)11-5-6-12-9-18-10-13(12)8-11/h5-6,8,14-15,17H,3-4,7,9-10H2,1-2H3. The Morgan fingerprint density at radius 1 is 1.28 bits per heavy atom. The molecule has 0 spiro atoms. The van der Waals surface area contributed by atoms with E-state index >= 15 is 0 Å². The maximum atomic E-state index is 10.6. The Morgan fingerprint density at radius 2 is 2.06 bits per heavy atom. The van der Waals surface area contributed by atoms with Crippen molar-refractivity contribution in [2.45, 2.75) is 52.4 Å². The van der Waals surface area contributed by atoms with Gasteiger partial charge in [0.05, 0.1) is 19.3 Å². The first kappa shape index (κ1) is 12.2. The van der Waals surface area contributed by atoms with Gasteiger partial charge in [0.2, 0.25) is 0 Å². The summed E-state index contributed by atoms with van der Waals surface area (Å²) in [6.07, 6.45) is 3.28. The lowest BCUT2D eigenvalue weighted by atomic mass is 9.76. The smallest absolute Gasteiger partial charge is 0.0823 e. The number of aliphatic hydroxyl groups excluding tert-OH is 1. The third-order valence-electron chi connectivity index (χ3n) is 4.81. The van der Waals surface area contributed by atoms with Gasteiger partial charge >= 0.3 is 0 Å². The number of fused-ring (bicyclic) bond motifs is 1. The van der Waals surface area contributed by atoms with Gasteiger partial charge in [-0.1, -0.05) is 38.5 Å². The SMILES string of the molecule is CC1(C)CCCC1C(O)c1ccc2c(c1)COC2. The Bertz CT molecular complexity index is 450. The van der Waals surface area contributed by atoms with E-state index in [1.54, 1.807) is 0 Å². The van der Waals surface area contributed by atoms with E-state index in [9.17, 15) is 5.11 Å². The number of hydrogen-bond donors (Lipinski definition) is 1. The first-order valence-electron chi connectivity index (χ1n) is 6.95. The highest BCUT2D eigenvalue weighted by molar-refractivity contribution is 5.34. The van der Waals surface area contributed by atoms with E-state index in [1.807, 2.05) is 0 Å². The summed E-state index contributed by atoms with van der Waals surface area (Å²) in [6, 6.07) is 6.33. The predicted octanol–water partition coefficient (Wildman–Crippen LogP) is 3.58. The summed E-state index contributed by atoms with van der Waals surface area (Å²) < 4.78 is 5.43. The second-order valence-electron chi connectivity index (χ2n) is 6.45. The Morgan fingerprint density at radius 3 is 2.78 bits per heavy atom. The highest BCUT2D eigenvalue weighted by Crippen LogP contribution is 2.48. The van der Waals surface area contributed by atoms with Crippen molar-refractivity contribution in [3.63, 3.8) is 0 Å². The van der Waals surface area contributed by atoms with Crippen molar-refractivity contribution in [1.29, 1.82) is 0 Å². The molecule has 1 saturated carbocycles. The van der Waals surface area contributed by atoms with Gasteiger partial charge in [-0.2, -0.15) is 0 Å². The van der Waals surface area contributed by atoms with Crippen LogP contribution in [0.25, 0.3) is 0 Å². The Labute approximate surface area is 109 Å². The lowest BCUT2D eigenvalue weighted by Gasteiger charge is -2.31. The minimum atomic E-state index is -0.326. The second-order valence-corrected chi connectivity index (χ2v) is 6.45. The van der Waals surface area contributed by atoms with Crippen molar-refractivity contribution in [2.75, 3.05) is 0 Å². The topological polar surface area (TPSA) is 29.5 Å². The van der Waals surface area contributed by atoms with Crippen LogP contribution in [-0.2, 0) is 18.0 Å². The van der Waals surface area contributed by atoms with E-state index in [0.717, 1.165) is 18.6 Å². The molecule has 18 heavy (non-hydrogen) atoms. The van der Waals surface area contributed by atoms with Crippen LogP contribution in [0, 0.1) is 11.3 Å². The van der Waals surface area contributed by atoms with Crippen LogP contribution < -0.4 is 0 Å². The third kappa shape index (κ3) is 1.98. The molecule has 0 amide bonds. The number of benzene rings is 1. The molecule has 1 aliphatic heterocycles. The zero-order valence-corrected chi connectivity index (χ0v) is 11.3. The van der Waals surface area contributed by atoms with E-state index in [0.29, 0.717) is 12.5 Å². The largest absolute Gasteiger partial charge is 0.388 e. The predicted molar refractivity (Wildman–Crippen MR) is 71.0 cm³/mol. The maximum absolute atomic E-state index is 10.6. The number of ether oxygens (including phenoxy) is 1. The van der Waals surface area contributed by atoms with Crippen LogP contribution in [0.2, 0.25) is 0 Å². The lowest BCUT2D eigenvalue weighted by molar-refractivity contribution is 0.0530. The monoisotopic (exact) mass is 246 g/mol. The Kier molecular flexibility index (Phi) is 2.95. The van der Waals surface area contributed by atoms with Crippen LogP contribution >= 0.6 is 0 Å². The molecule has 0 saturated heterocycles. The van der Waals surface area contributed by atoms with Crippen LogP contribution in [0.5, 0.6) is 0 Å². The minimum absolute atomic E-state index is 0.259. The number of aliphatic hydroxyl groups is 1. The quantitative estimate of drug-likeness (QED) is 0.864. The van der Waals surface area contributed by atoms with Crippen molar-refractivity contribution in [2.24, 2.45) is 11.3 Å². The van der Waals surface area contributed by atoms with Gasteiger partial charge in [-0.25, -0.2) is 0 Å². The van der Waals surface area contributed by atoms with Crippen molar-refractivity contribution >= 4 is 0 Å². The van der Waals surface area contributed by atoms with Crippen LogP contribution in [-0.4, -0.2) is 5.11 Å². The molecular formula is C16H22O2. The fraction of sp³-hybridized carbons (Fsp3) is 0.625. The average molecular weight is 246 g/mol. The molecule has 2 nitrogen and oxygen atoms in total. The fourth-order valence-electron chi connectivity index (χ4n) is 3.55. The summed E-state index contributed by atoms with van der Waals surface area (Å²) in [5, 5.41) is 10.6. The Hall–Kier alpha value is -0.860. The molecule has 1 aliphatic carbocycles. The van der Waals surface area contributed by atoms with E-state index in [-0.39, 0.29) is 11.5 Å². The van der Waals surface area contributed by atoms with E-state index in [4.69, 9.17) is 4.74 Å².